The van der Waals surface area contributed by atoms with Gasteiger partial charge in [-0.1, -0.05) is 91.0 Å². The van der Waals surface area contributed by atoms with Crippen molar-refractivity contribution in [2.75, 3.05) is 0 Å². The van der Waals surface area contributed by atoms with Gasteiger partial charge in [0, 0.05) is 0 Å². The zero-order chi connectivity index (χ0) is 23.3. The van der Waals surface area contributed by atoms with Crippen LogP contribution in [0, 0.1) is 45.3 Å². The fourth-order valence-electron chi connectivity index (χ4n) is 4.44. The predicted octanol–water partition coefficient (Wildman–Crippen LogP) is 5.56. The van der Waals surface area contributed by atoms with Crippen LogP contribution in [0.3, 0.4) is 0 Å². The molecule has 33 heavy (non-hydrogen) atoms. The van der Waals surface area contributed by atoms with Gasteiger partial charge in [0.15, 0.2) is 0 Å². The fraction of sp³-hybridized carbons (Fsp3) is 0.0345. The summed E-state index contributed by atoms with van der Waals surface area (Å²) in [6.45, 7) is 0. The van der Waals surface area contributed by atoms with Gasteiger partial charge in [-0.05, 0) is 28.3 Å². The number of hydrogen-bond acceptors (Lipinski definition) is 4. The minimum atomic E-state index is -1.000. The number of benzene rings is 4. The second-order valence-electron chi connectivity index (χ2n) is 7.39. The van der Waals surface area contributed by atoms with Gasteiger partial charge in [0.25, 0.3) is 0 Å². The highest BCUT2D eigenvalue weighted by Crippen LogP contribution is 2.47. The van der Waals surface area contributed by atoms with Crippen molar-refractivity contribution in [3.63, 3.8) is 0 Å². The first-order valence-corrected chi connectivity index (χ1v) is 10.2. The highest BCUT2D eigenvalue weighted by Gasteiger charge is 2.41. The van der Waals surface area contributed by atoms with Gasteiger partial charge in [-0.2, -0.15) is 21.0 Å². The molecule has 0 saturated heterocycles. The SMILES string of the molecule is N#Cc1cc(C(c2ccccc2)(c2ccccc2)c2ccccc2)c(C#N)c(C#N)c1C#N. The van der Waals surface area contributed by atoms with E-state index in [9.17, 15) is 21.0 Å². The summed E-state index contributed by atoms with van der Waals surface area (Å²) in [7, 11) is 0. The van der Waals surface area contributed by atoms with Crippen molar-refractivity contribution in [2.24, 2.45) is 0 Å². The Labute approximate surface area is 192 Å². The Morgan fingerprint density at radius 2 is 0.848 bits per heavy atom. The molecule has 0 saturated carbocycles. The number of nitriles is 4. The van der Waals surface area contributed by atoms with Crippen LogP contribution >= 0.6 is 0 Å². The van der Waals surface area contributed by atoms with Crippen LogP contribution in [0.1, 0.15) is 44.5 Å². The second-order valence-corrected chi connectivity index (χ2v) is 7.39. The molecule has 0 spiro atoms. The highest BCUT2D eigenvalue weighted by atomic mass is 14.4. The van der Waals surface area contributed by atoms with Gasteiger partial charge < -0.3 is 0 Å². The third-order valence-electron chi connectivity index (χ3n) is 5.81. The Hall–Kier alpha value is -5.16. The summed E-state index contributed by atoms with van der Waals surface area (Å²) >= 11 is 0. The largest absolute Gasteiger partial charge is 0.192 e. The quantitative estimate of drug-likeness (QED) is 0.404. The maximum Gasteiger partial charge on any atom is 0.102 e. The second kappa shape index (κ2) is 8.91. The summed E-state index contributed by atoms with van der Waals surface area (Å²) in [6, 6.07) is 38.8. The van der Waals surface area contributed by atoms with Crippen LogP contribution < -0.4 is 0 Å². The lowest BCUT2D eigenvalue weighted by Crippen LogP contribution is -2.32. The molecular formula is C29H16N4. The molecule has 0 radical (unpaired) electrons. The van der Waals surface area contributed by atoms with E-state index in [1.807, 2.05) is 103 Å². The van der Waals surface area contributed by atoms with E-state index in [1.165, 1.54) is 0 Å². The first kappa shape index (κ1) is 21.1. The molecule has 0 aliphatic heterocycles. The van der Waals surface area contributed by atoms with Crippen LogP contribution in [-0.4, -0.2) is 0 Å². The molecular weight excluding hydrogens is 404 g/mol. The summed E-state index contributed by atoms with van der Waals surface area (Å²) < 4.78 is 0. The maximum absolute atomic E-state index is 10.2. The van der Waals surface area contributed by atoms with E-state index in [4.69, 9.17) is 0 Å². The Bertz CT molecular complexity index is 1380. The minimum absolute atomic E-state index is 0.0650. The van der Waals surface area contributed by atoms with Gasteiger partial charge in [0.05, 0.1) is 27.7 Å². The van der Waals surface area contributed by atoms with Crippen molar-refractivity contribution in [2.45, 2.75) is 5.41 Å². The number of nitrogens with zero attached hydrogens (tertiary/aromatic N) is 4. The lowest BCUT2D eigenvalue weighted by molar-refractivity contribution is 0.741. The molecule has 0 aliphatic carbocycles. The van der Waals surface area contributed by atoms with Gasteiger partial charge in [-0.15, -0.1) is 0 Å². The molecule has 0 N–H and O–H groups in total. The van der Waals surface area contributed by atoms with E-state index in [0.717, 1.165) is 16.7 Å². The minimum Gasteiger partial charge on any atom is -0.192 e. The van der Waals surface area contributed by atoms with E-state index in [2.05, 4.69) is 12.1 Å². The van der Waals surface area contributed by atoms with E-state index < -0.39 is 5.41 Å². The third kappa shape index (κ3) is 3.30. The van der Waals surface area contributed by atoms with Gasteiger partial charge in [0.1, 0.15) is 24.3 Å². The van der Waals surface area contributed by atoms with Gasteiger partial charge in [-0.25, -0.2) is 0 Å². The molecule has 4 aromatic rings. The van der Waals surface area contributed by atoms with E-state index >= 15 is 0 Å². The number of rotatable bonds is 4. The molecule has 4 rings (SSSR count). The average Bonchev–Trinajstić information content (AvgIpc) is 2.90. The topological polar surface area (TPSA) is 95.2 Å². The van der Waals surface area contributed by atoms with Crippen molar-refractivity contribution in [1.29, 1.82) is 21.0 Å². The standard InChI is InChI=1S/C29H16N4/c30-17-21-16-28(27(20-33)26(19-32)25(21)18-31)29(22-10-4-1-5-11-22,23-12-6-2-7-13-23)24-14-8-3-9-15-24/h1-16H. The van der Waals surface area contributed by atoms with Crippen LogP contribution in [0.5, 0.6) is 0 Å². The van der Waals surface area contributed by atoms with Crippen molar-refractivity contribution >= 4 is 0 Å². The smallest absolute Gasteiger partial charge is 0.102 e. The highest BCUT2D eigenvalue weighted by molar-refractivity contribution is 5.71. The number of hydrogen-bond donors (Lipinski definition) is 0. The first-order chi connectivity index (χ1) is 16.2. The zero-order valence-electron chi connectivity index (χ0n) is 17.5. The van der Waals surface area contributed by atoms with E-state index in [0.29, 0.717) is 5.56 Å². The van der Waals surface area contributed by atoms with Crippen molar-refractivity contribution < 1.29 is 0 Å². The normalized spacial score (nSPS) is 10.3. The first-order valence-electron chi connectivity index (χ1n) is 10.2. The molecule has 4 heteroatoms. The van der Waals surface area contributed by atoms with Crippen molar-refractivity contribution in [3.8, 4) is 24.3 Å². The van der Waals surface area contributed by atoms with Crippen LogP contribution in [0.25, 0.3) is 0 Å². The molecule has 0 fully saturated rings. The molecule has 0 atom stereocenters. The molecule has 0 aliphatic rings. The summed E-state index contributed by atoms with van der Waals surface area (Å²) in [5.41, 5.74) is 2.09. The zero-order valence-corrected chi connectivity index (χ0v) is 17.5. The lowest BCUT2D eigenvalue weighted by Gasteiger charge is -2.37. The predicted molar refractivity (Wildman–Crippen MR) is 124 cm³/mol. The van der Waals surface area contributed by atoms with Crippen molar-refractivity contribution in [3.05, 3.63) is 142 Å². The summed E-state index contributed by atoms with van der Waals surface area (Å²) in [5, 5.41) is 39.7. The van der Waals surface area contributed by atoms with Crippen LogP contribution in [0.2, 0.25) is 0 Å². The summed E-state index contributed by atoms with van der Waals surface area (Å²) in [6.07, 6.45) is 0. The molecule has 0 bridgehead atoms. The third-order valence-corrected chi connectivity index (χ3v) is 5.81. The Morgan fingerprint density at radius 3 is 1.18 bits per heavy atom. The fourth-order valence-corrected chi connectivity index (χ4v) is 4.44. The molecule has 4 nitrogen and oxygen atoms in total. The molecule has 0 unspecified atom stereocenters. The van der Waals surface area contributed by atoms with Gasteiger partial charge in [-0.3, -0.25) is 0 Å². The molecule has 0 aromatic heterocycles. The Kier molecular flexibility index (Phi) is 5.70. The van der Waals surface area contributed by atoms with E-state index in [-0.39, 0.29) is 22.3 Å². The van der Waals surface area contributed by atoms with Crippen LogP contribution in [0.4, 0.5) is 0 Å². The monoisotopic (exact) mass is 420 g/mol. The van der Waals surface area contributed by atoms with E-state index in [1.54, 1.807) is 6.07 Å². The van der Waals surface area contributed by atoms with Crippen LogP contribution in [0.15, 0.2) is 97.1 Å². The molecule has 152 valence electrons. The van der Waals surface area contributed by atoms with Crippen molar-refractivity contribution in [1.82, 2.24) is 0 Å². The molecule has 0 heterocycles. The van der Waals surface area contributed by atoms with Gasteiger partial charge >= 0.3 is 0 Å². The summed E-state index contributed by atoms with van der Waals surface area (Å²) in [5.74, 6) is 0. The Morgan fingerprint density at radius 1 is 0.455 bits per heavy atom. The van der Waals surface area contributed by atoms with Crippen LogP contribution in [-0.2, 0) is 5.41 Å². The summed E-state index contributed by atoms with van der Waals surface area (Å²) in [4.78, 5) is 0. The molecule has 0 amide bonds. The Balaban J connectivity index is 2.32. The maximum atomic E-state index is 10.2. The molecule has 4 aromatic carbocycles. The van der Waals surface area contributed by atoms with Gasteiger partial charge in [0.2, 0.25) is 0 Å². The average molecular weight is 420 g/mol. The lowest BCUT2D eigenvalue weighted by atomic mass is 9.63.